The van der Waals surface area contributed by atoms with E-state index in [0.29, 0.717) is 0 Å². The second kappa shape index (κ2) is 7.45. The van der Waals surface area contributed by atoms with Crippen LogP contribution in [0.25, 0.3) is 0 Å². The lowest BCUT2D eigenvalue weighted by Crippen LogP contribution is -2.14. The van der Waals surface area contributed by atoms with Gasteiger partial charge in [-0.15, -0.1) is 0 Å². The maximum absolute atomic E-state index is 4.62. The van der Waals surface area contributed by atoms with E-state index in [9.17, 15) is 0 Å². The van der Waals surface area contributed by atoms with Crippen LogP contribution in [0.3, 0.4) is 0 Å². The van der Waals surface area contributed by atoms with Crippen LogP contribution in [0.2, 0.25) is 0 Å². The summed E-state index contributed by atoms with van der Waals surface area (Å²) in [5, 5.41) is 0. The van der Waals surface area contributed by atoms with Crippen LogP contribution in [0.1, 0.15) is 40.3 Å². The van der Waals surface area contributed by atoms with E-state index < -0.39 is 0 Å². The van der Waals surface area contributed by atoms with E-state index >= 15 is 0 Å². The Labute approximate surface area is 140 Å². The molecule has 0 saturated heterocycles. The van der Waals surface area contributed by atoms with Gasteiger partial charge in [0, 0.05) is 13.6 Å². The molecule has 0 amide bonds. The largest absolute Gasteiger partial charge is 0.366 e. The van der Waals surface area contributed by atoms with E-state index in [0.717, 1.165) is 18.7 Å². The zero-order valence-corrected chi connectivity index (χ0v) is 15.3. The number of nitrogens with zero attached hydrogens (tertiary/aromatic N) is 2. The lowest BCUT2D eigenvalue weighted by atomic mass is 9.93. The van der Waals surface area contributed by atoms with Crippen molar-refractivity contribution in [2.45, 2.75) is 41.0 Å². The first kappa shape index (κ1) is 17.3. The molecule has 0 N–H and O–H groups in total. The molecule has 0 heterocycles. The molecule has 0 aliphatic carbocycles. The average molecular weight is 308 g/mol. The predicted molar refractivity (Wildman–Crippen MR) is 101 cm³/mol. The van der Waals surface area contributed by atoms with Crippen molar-refractivity contribution in [2.75, 3.05) is 13.6 Å². The quantitative estimate of drug-likeness (QED) is 0.553. The minimum absolute atomic E-state index is 0.965. The Bertz CT molecular complexity index is 714. The van der Waals surface area contributed by atoms with E-state index in [1.807, 2.05) is 13.4 Å². The van der Waals surface area contributed by atoms with Crippen LogP contribution in [0, 0.1) is 27.7 Å². The van der Waals surface area contributed by atoms with Gasteiger partial charge in [0.25, 0.3) is 0 Å². The third-order valence-corrected chi connectivity index (χ3v) is 4.64. The number of rotatable bonds is 5. The Morgan fingerprint density at radius 1 is 0.957 bits per heavy atom. The average Bonchev–Trinajstić information content (AvgIpc) is 2.53. The molecule has 2 heteroatoms. The first-order valence-electron chi connectivity index (χ1n) is 8.32. The minimum atomic E-state index is 0.965. The van der Waals surface area contributed by atoms with Crippen molar-refractivity contribution in [2.24, 2.45) is 4.99 Å². The van der Waals surface area contributed by atoms with E-state index in [1.54, 1.807) is 0 Å². The van der Waals surface area contributed by atoms with E-state index in [4.69, 9.17) is 0 Å². The lowest BCUT2D eigenvalue weighted by Gasteiger charge is -2.14. The summed E-state index contributed by atoms with van der Waals surface area (Å²) in [6.45, 7) is 11.8. The first-order valence-corrected chi connectivity index (χ1v) is 8.32. The maximum Gasteiger partial charge on any atom is 0.0909 e. The molecule has 0 fully saturated rings. The molecule has 122 valence electrons. The van der Waals surface area contributed by atoms with Gasteiger partial charge in [0.15, 0.2) is 0 Å². The first-order chi connectivity index (χ1) is 10.9. The van der Waals surface area contributed by atoms with Gasteiger partial charge in [-0.3, -0.25) is 0 Å². The van der Waals surface area contributed by atoms with Crippen LogP contribution < -0.4 is 0 Å². The Hall–Kier alpha value is -2.09. The van der Waals surface area contributed by atoms with Gasteiger partial charge < -0.3 is 4.90 Å². The van der Waals surface area contributed by atoms with E-state index in [2.05, 4.69) is 74.8 Å². The fraction of sp³-hybridized carbons (Fsp3) is 0.381. The molecule has 0 spiro atoms. The van der Waals surface area contributed by atoms with E-state index in [1.165, 1.54) is 33.4 Å². The molecule has 23 heavy (non-hydrogen) atoms. The SMILES string of the molecule is CCN(C)C=Nc1cc(C)c(Cc2cccc(C)c2C)cc1C. The zero-order valence-electron chi connectivity index (χ0n) is 15.3. The van der Waals surface area contributed by atoms with Gasteiger partial charge in [-0.25, -0.2) is 4.99 Å². The highest BCUT2D eigenvalue weighted by Gasteiger charge is 2.07. The summed E-state index contributed by atoms with van der Waals surface area (Å²) in [6, 6.07) is 11.1. The van der Waals surface area contributed by atoms with Gasteiger partial charge in [-0.1, -0.05) is 24.3 Å². The Morgan fingerprint density at radius 2 is 1.70 bits per heavy atom. The maximum atomic E-state index is 4.62. The van der Waals surface area contributed by atoms with Crippen molar-refractivity contribution >= 4 is 12.0 Å². The van der Waals surface area contributed by atoms with Gasteiger partial charge in [0.2, 0.25) is 0 Å². The molecule has 0 saturated carbocycles. The van der Waals surface area contributed by atoms with Gasteiger partial charge in [-0.05, 0) is 80.5 Å². The highest BCUT2D eigenvalue weighted by molar-refractivity contribution is 5.64. The minimum Gasteiger partial charge on any atom is -0.366 e. The van der Waals surface area contributed by atoms with Gasteiger partial charge >= 0.3 is 0 Å². The second-order valence-corrected chi connectivity index (χ2v) is 6.42. The normalized spacial score (nSPS) is 11.2. The molecular weight excluding hydrogens is 280 g/mol. The topological polar surface area (TPSA) is 15.6 Å². The monoisotopic (exact) mass is 308 g/mol. The van der Waals surface area contributed by atoms with Crippen molar-refractivity contribution in [1.82, 2.24) is 4.90 Å². The van der Waals surface area contributed by atoms with Crippen LogP contribution in [-0.2, 0) is 6.42 Å². The highest BCUT2D eigenvalue weighted by atomic mass is 15.1. The Morgan fingerprint density at radius 3 is 2.39 bits per heavy atom. The molecule has 0 bridgehead atoms. The van der Waals surface area contributed by atoms with Crippen molar-refractivity contribution in [3.05, 3.63) is 63.7 Å². The summed E-state index contributed by atoms with van der Waals surface area (Å²) in [7, 11) is 2.04. The molecule has 0 unspecified atom stereocenters. The molecule has 2 aromatic carbocycles. The number of aliphatic imine (C=N–C) groups is 1. The number of benzene rings is 2. The summed E-state index contributed by atoms with van der Waals surface area (Å²) < 4.78 is 0. The fourth-order valence-electron chi connectivity index (χ4n) is 2.64. The van der Waals surface area contributed by atoms with Gasteiger partial charge in [0.1, 0.15) is 0 Å². The number of hydrogen-bond acceptors (Lipinski definition) is 1. The van der Waals surface area contributed by atoms with Crippen molar-refractivity contribution in [1.29, 1.82) is 0 Å². The van der Waals surface area contributed by atoms with Crippen LogP contribution in [-0.4, -0.2) is 24.8 Å². The Kier molecular flexibility index (Phi) is 5.59. The smallest absolute Gasteiger partial charge is 0.0909 e. The number of hydrogen-bond donors (Lipinski definition) is 0. The predicted octanol–water partition coefficient (Wildman–Crippen LogP) is 5.12. The molecule has 2 rings (SSSR count). The van der Waals surface area contributed by atoms with Crippen LogP contribution in [0.4, 0.5) is 5.69 Å². The summed E-state index contributed by atoms with van der Waals surface area (Å²) in [4.78, 5) is 6.70. The Balaban J connectivity index is 2.30. The van der Waals surface area contributed by atoms with E-state index in [-0.39, 0.29) is 0 Å². The van der Waals surface area contributed by atoms with Gasteiger partial charge in [-0.2, -0.15) is 0 Å². The van der Waals surface area contributed by atoms with Crippen LogP contribution in [0.15, 0.2) is 35.3 Å². The molecule has 2 aromatic rings. The molecule has 0 aliphatic rings. The summed E-state index contributed by atoms with van der Waals surface area (Å²) in [5.74, 6) is 0. The van der Waals surface area contributed by atoms with Gasteiger partial charge in [0.05, 0.1) is 12.0 Å². The molecule has 0 atom stereocenters. The second-order valence-electron chi connectivity index (χ2n) is 6.42. The fourth-order valence-corrected chi connectivity index (χ4v) is 2.64. The van der Waals surface area contributed by atoms with Crippen LogP contribution in [0.5, 0.6) is 0 Å². The van der Waals surface area contributed by atoms with Crippen LogP contribution >= 0.6 is 0 Å². The highest BCUT2D eigenvalue weighted by Crippen LogP contribution is 2.26. The molecule has 0 aromatic heterocycles. The summed E-state index contributed by atoms with van der Waals surface area (Å²) in [6.07, 6.45) is 2.89. The zero-order chi connectivity index (χ0) is 17.0. The summed E-state index contributed by atoms with van der Waals surface area (Å²) in [5.41, 5.74) is 9.16. The standard InChI is InChI=1S/C21H28N2/c1-7-23(6)14-22-21-12-16(3)20(11-17(21)4)13-19-10-8-9-15(2)18(19)5/h8-12,14H,7,13H2,1-6H3. The number of aryl methyl sites for hydroxylation is 3. The third-order valence-electron chi connectivity index (χ3n) is 4.64. The molecule has 2 nitrogen and oxygen atoms in total. The van der Waals surface area contributed by atoms with Crippen molar-refractivity contribution in [3.8, 4) is 0 Å². The van der Waals surface area contributed by atoms with Crippen molar-refractivity contribution in [3.63, 3.8) is 0 Å². The van der Waals surface area contributed by atoms with Crippen molar-refractivity contribution < 1.29 is 0 Å². The summed E-state index contributed by atoms with van der Waals surface area (Å²) >= 11 is 0. The molecule has 0 aliphatic heterocycles. The molecular formula is C21H28N2. The lowest BCUT2D eigenvalue weighted by molar-refractivity contribution is 0.552. The third kappa shape index (κ3) is 4.22. The molecule has 0 radical (unpaired) electrons.